The Hall–Kier alpha value is -3.18. The number of hydrazine groups is 2. The van der Waals surface area contributed by atoms with Gasteiger partial charge in [0.2, 0.25) is 0 Å². The lowest BCUT2D eigenvalue weighted by atomic mass is 9.99. The Morgan fingerprint density at radius 3 is 2.59 bits per heavy atom. The number of benzene rings is 2. The van der Waals surface area contributed by atoms with E-state index in [1.165, 1.54) is 23.2 Å². The van der Waals surface area contributed by atoms with E-state index in [0.29, 0.717) is 34.0 Å². The number of nitrogens with one attached hydrogen (secondary N) is 2. The zero-order chi connectivity index (χ0) is 29.6. The number of aliphatic hydroxyl groups is 2. The molecule has 3 heterocycles. The van der Waals surface area contributed by atoms with Gasteiger partial charge < -0.3 is 20.5 Å². The van der Waals surface area contributed by atoms with E-state index in [1.54, 1.807) is 32.0 Å². The molecule has 0 amide bonds. The summed E-state index contributed by atoms with van der Waals surface area (Å²) in [5.74, 6) is -2.96. The van der Waals surface area contributed by atoms with Gasteiger partial charge in [-0.3, -0.25) is 9.91 Å². The fourth-order valence-electron chi connectivity index (χ4n) is 5.36. The smallest absolute Gasteiger partial charge is 0.186 e. The first kappa shape index (κ1) is 29.3. The molecular weight excluding hydrogens is 553 g/mol. The van der Waals surface area contributed by atoms with Crippen LogP contribution in [0.2, 0.25) is 0 Å². The molecule has 0 spiro atoms. The van der Waals surface area contributed by atoms with Crippen molar-refractivity contribution in [1.29, 1.82) is 5.26 Å². The van der Waals surface area contributed by atoms with E-state index in [-0.39, 0.29) is 35.1 Å². The van der Waals surface area contributed by atoms with Crippen LogP contribution in [0, 0.1) is 28.8 Å². The molecule has 2 unspecified atom stereocenters. The van der Waals surface area contributed by atoms with Gasteiger partial charge in [-0.2, -0.15) is 5.26 Å². The van der Waals surface area contributed by atoms with Crippen LogP contribution in [0.1, 0.15) is 43.4 Å². The summed E-state index contributed by atoms with van der Waals surface area (Å²) in [5, 5.41) is 32.1. The van der Waals surface area contributed by atoms with Crippen LogP contribution >= 0.6 is 11.3 Å². The monoisotopic (exact) mass is 586 g/mol. The molecule has 5 rings (SSSR count). The number of aliphatic hydroxyl groups excluding tert-OH is 1. The Bertz CT molecular complexity index is 1500. The molecule has 1 fully saturated rings. The SMILES string of the molecule is CN(C)C1CCCN(C(O)c2cc(-c3ccc(C#N)c(F)c3)c(-c3cc4c(c(F)c3F)N(CC(C)(C)O)NN4)s2)C1. The van der Waals surface area contributed by atoms with E-state index in [1.807, 2.05) is 19.0 Å². The number of nitrogens with zero attached hydrogens (tertiary/aromatic N) is 4. The second kappa shape index (κ2) is 11.2. The lowest BCUT2D eigenvalue weighted by Crippen LogP contribution is -2.46. The van der Waals surface area contributed by atoms with Gasteiger partial charge >= 0.3 is 0 Å². The van der Waals surface area contributed by atoms with Gasteiger partial charge in [0.05, 0.1) is 23.4 Å². The minimum Gasteiger partial charge on any atom is -0.389 e. The van der Waals surface area contributed by atoms with Crippen LogP contribution in [0.5, 0.6) is 0 Å². The molecule has 4 N–H and O–H groups in total. The van der Waals surface area contributed by atoms with Gasteiger partial charge in [-0.05, 0) is 70.6 Å². The molecule has 2 aromatic carbocycles. The molecule has 2 aliphatic heterocycles. The lowest BCUT2D eigenvalue weighted by molar-refractivity contribution is -0.0263. The van der Waals surface area contributed by atoms with Gasteiger partial charge in [0.15, 0.2) is 11.6 Å². The topological polar surface area (TPSA) is 98.0 Å². The van der Waals surface area contributed by atoms with Gasteiger partial charge in [0, 0.05) is 40.0 Å². The maximum Gasteiger partial charge on any atom is 0.186 e. The summed E-state index contributed by atoms with van der Waals surface area (Å²) in [5.41, 5.74) is 5.18. The number of likely N-dealkylation sites (tertiary alicyclic amines) is 1. The highest BCUT2D eigenvalue weighted by molar-refractivity contribution is 7.16. The normalized spacial score (nSPS) is 18.4. The molecular formula is C29H33F3N6O2S. The van der Waals surface area contributed by atoms with Crippen molar-refractivity contribution >= 4 is 22.7 Å². The minimum atomic E-state index is -1.19. The summed E-state index contributed by atoms with van der Waals surface area (Å²) in [4.78, 5) is 4.89. The summed E-state index contributed by atoms with van der Waals surface area (Å²) in [7, 11) is 4.00. The van der Waals surface area contributed by atoms with E-state index in [4.69, 9.17) is 0 Å². The van der Waals surface area contributed by atoms with Crippen molar-refractivity contribution in [2.75, 3.05) is 44.2 Å². The average Bonchev–Trinajstić information content (AvgIpc) is 3.54. The fraction of sp³-hybridized carbons (Fsp3) is 0.414. The first-order valence-corrected chi connectivity index (χ1v) is 14.2. The number of β-amino-alcohol motifs (C(OH)–C–C–N with tert-alkyl or cyclic N) is 1. The fourth-order valence-corrected chi connectivity index (χ4v) is 6.57. The van der Waals surface area contributed by atoms with E-state index in [2.05, 4.69) is 15.9 Å². The number of halogens is 3. The van der Waals surface area contributed by atoms with Gasteiger partial charge in [-0.25, -0.2) is 13.2 Å². The molecule has 0 radical (unpaired) electrons. The molecule has 1 saturated heterocycles. The van der Waals surface area contributed by atoms with E-state index >= 15 is 8.78 Å². The highest BCUT2D eigenvalue weighted by Gasteiger charge is 2.33. The van der Waals surface area contributed by atoms with Crippen molar-refractivity contribution in [3.8, 4) is 27.6 Å². The highest BCUT2D eigenvalue weighted by Crippen LogP contribution is 2.47. The molecule has 2 aliphatic rings. The zero-order valence-corrected chi connectivity index (χ0v) is 24.1. The molecule has 41 heavy (non-hydrogen) atoms. The maximum absolute atomic E-state index is 15.8. The van der Waals surface area contributed by atoms with E-state index < -0.39 is 29.3 Å². The molecule has 0 bridgehead atoms. The Balaban J connectivity index is 1.61. The van der Waals surface area contributed by atoms with Crippen LogP contribution in [0.4, 0.5) is 24.5 Å². The third-order valence-corrected chi connectivity index (χ3v) is 8.68. The number of fused-ring (bicyclic) bond motifs is 1. The number of hydrogen-bond donors (Lipinski definition) is 4. The molecule has 8 nitrogen and oxygen atoms in total. The van der Waals surface area contributed by atoms with Gasteiger partial charge in [-0.15, -0.1) is 16.9 Å². The lowest BCUT2D eigenvalue weighted by Gasteiger charge is -2.38. The average molecular weight is 587 g/mol. The van der Waals surface area contributed by atoms with Crippen molar-refractivity contribution in [3.05, 3.63) is 58.2 Å². The molecule has 12 heteroatoms. The minimum absolute atomic E-state index is 0.0163. The quantitative estimate of drug-likeness (QED) is 0.313. The van der Waals surface area contributed by atoms with E-state index in [0.717, 1.165) is 24.2 Å². The van der Waals surface area contributed by atoms with Gasteiger partial charge in [0.25, 0.3) is 0 Å². The largest absolute Gasteiger partial charge is 0.389 e. The van der Waals surface area contributed by atoms with Crippen LogP contribution in [0.15, 0.2) is 30.3 Å². The standard InChI is InChI=1S/C29H33F3N6O2S/c1-29(2,40)15-38-26-22(34-35-38)11-20(24(31)25(26)32)27-19(16-7-8-17(13-33)21(30)10-16)12-23(41-27)28(39)37-9-5-6-18(14-37)36(3)4/h7-8,10-12,18,28,34-35,39-40H,5-6,9,14-15H2,1-4H3. The van der Waals surface area contributed by atoms with Crippen molar-refractivity contribution in [1.82, 2.24) is 15.3 Å². The predicted molar refractivity (Wildman–Crippen MR) is 153 cm³/mol. The Labute approximate surface area is 241 Å². The van der Waals surface area contributed by atoms with Crippen molar-refractivity contribution in [2.45, 2.75) is 44.6 Å². The Morgan fingerprint density at radius 2 is 1.93 bits per heavy atom. The summed E-state index contributed by atoms with van der Waals surface area (Å²) < 4.78 is 46.1. The first-order valence-electron chi connectivity index (χ1n) is 13.3. The number of piperidine rings is 1. The number of hydrogen-bond acceptors (Lipinski definition) is 9. The van der Waals surface area contributed by atoms with Crippen LogP contribution in [0.25, 0.3) is 21.6 Å². The van der Waals surface area contributed by atoms with Gasteiger partial charge in [-0.1, -0.05) is 6.07 Å². The zero-order valence-electron chi connectivity index (χ0n) is 23.3. The van der Waals surface area contributed by atoms with Crippen molar-refractivity contribution in [2.24, 2.45) is 0 Å². The van der Waals surface area contributed by atoms with Gasteiger partial charge in [0.1, 0.15) is 23.8 Å². The first-order chi connectivity index (χ1) is 19.4. The Morgan fingerprint density at radius 1 is 1.17 bits per heavy atom. The molecule has 0 aliphatic carbocycles. The maximum atomic E-state index is 15.8. The summed E-state index contributed by atoms with van der Waals surface area (Å²) in [6.07, 6.45) is 0.909. The second-order valence-electron chi connectivity index (χ2n) is 11.4. The van der Waals surface area contributed by atoms with Crippen molar-refractivity contribution in [3.63, 3.8) is 0 Å². The van der Waals surface area contributed by atoms with Crippen molar-refractivity contribution < 1.29 is 23.4 Å². The van der Waals surface area contributed by atoms with E-state index in [9.17, 15) is 19.9 Å². The molecule has 0 saturated carbocycles. The highest BCUT2D eigenvalue weighted by atomic mass is 32.1. The predicted octanol–water partition coefficient (Wildman–Crippen LogP) is 4.81. The van der Waals surface area contributed by atoms with Crippen LogP contribution in [-0.2, 0) is 0 Å². The number of nitriles is 1. The number of rotatable bonds is 7. The molecule has 2 atom stereocenters. The summed E-state index contributed by atoms with van der Waals surface area (Å²) in [6.45, 7) is 4.40. The third-order valence-electron chi connectivity index (χ3n) is 7.48. The second-order valence-corrected chi connectivity index (χ2v) is 12.5. The molecule has 3 aromatic rings. The molecule has 1 aromatic heterocycles. The summed E-state index contributed by atoms with van der Waals surface area (Å²) in [6, 6.07) is 9.28. The van der Waals surface area contributed by atoms with Crippen LogP contribution < -0.4 is 16.0 Å². The third kappa shape index (κ3) is 5.79. The van der Waals surface area contributed by atoms with Crippen LogP contribution in [-0.4, -0.2) is 65.4 Å². The number of anilines is 2. The summed E-state index contributed by atoms with van der Waals surface area (Å²) >= 11 is 1.11. The number of thiophene rings is 1. The number of likely N-dealkylation sites (N-methyl/N-ethyl adjacent to an activating group) is 1. The van der Waals surface area contributed by atoms with Crippen LogP contribution in [0.3, 0.4) is 0 Å². The molecule has 218 valence electrons. The Kier molecular flexibility index (Phi) is 8.04.